The van der Waals surface area contributed by atoms with Crippen molar-refractivity contribution in [3.05, 3.63) is 59.4 Å². The molecule has 0 unspecified atom stereocenters. The van der Waals surface area contributed by atoms with Gasteiger partial charge in [0.05, 0.1) is 23.4 Å². The number of pyridine rings is 1. The van der Waals surface area contributed by atoms with Gasteiger partial charge < -0.3 is 5.73 Å². The molecule has 2 heterocycles. The van der Waals surface area contributed by atoms with Crippen LogP contribution >= 0.6 is 0 Å². The van der Waals surface area contributed by atoms with E-state index in [2.05, 4.69) is 4.98 Å². The number of hydrogen-bond acceptors (Lipinski definition) is 4. The lowest BCUT2D eigenvalue weighted by atomic mass is 10.1. The predicted octanol–water partition coefficient (Wildman–Crippen LogP) is 1.46. The smallest absolute Gasteiger partial charge is 0.261 e. The molecule has 0 aliphatic carbocycles. The summed E-state index contributed by atoms with van der Waals surface area (Å²) in [6.07, 6.45) is 1.56. The maximum atomic E-state index is 12.1. The Morgan fingerprint density at radius 3 is 2.26 bits per heavy atom. The van der Waals surface area contributed by atoms with Gasteiger partial charge in [-0.1, -0.05) is 12.1 Å². The van der Waals surface area contributed by atoms with Gasteiger partial charge in [0.2, 0.25) is 0 Å². The van der Waals surface area contributed by atoms with Gasteiger partial charge in [0.1, 0.15) is 0 Å². The summed E-state index contributed by atoms with van der Waals surface area (Å²) in [6.45, 7) is 0.136. The van der Waals surface area contributed by atoms with Crippen LogP contribution in [0, 0.1) is 0 Å². The number of anilines is 1. The van der Waals surface area contributed by atoms with E-state index in [-0.39, 0.29) is 18.4 Å². The standard InChI is InChI=1S/C14H11N3O2/c15-9-5-6-16-10(7-9)8-17-13(18)11-3-1-2-4-12(11)14(17)19/h1-7H,8H2,(H2,15,16). The monoisotopic (exact) mass is 253 g/mol. The molecule has 5 nitrogen and oxygen atoms in total. The minimum atomic E-state index is -0.287. The molecule has 5 heteroatoms. The Hall–Kier alpha value is -2.69. The minimum Gasteiger partial charge on any atom is -0.399 e. The van der Waals surface area contributed by atoms with Crippen LogP contribution in [0.15, 0.2) is 42.6 Å². The average molecular weight is 253 g/mol. The van der Waals surface area contributed by atoms with Crippen LogP contribution in [0.5, 0.6) is 0 Å². The Labute approximate surface area is 109 Å². The van der Waals surface area contributed by atoms with Crippen molar-refractivity contribution in [2.75, 3.05) is 5.73 Å². The third-order valence-electron chi connectivity index (χ3n) is 3.04. The van der Waals surface area contributed by atoms with Gasteiger partial charge in [0.25, 0.3) is 11.8 Å². The number of fused-ring (bicyclic) bond motifs is 1. The molecular formula is C14H11N3O2. The normalized spacial score (nSPS) is 13.8. The molecule has 0 atom stereocenters. The van der Waals surface area contributed by atoms with Gasteiger partial charge in [-0.3, -0.25) is 19.5 Å². The molecule has 0 saturated heterocycles. The van der Waals surface area contributed by atoms with E-state index in [1.165, 1.54) is 4.90 Å². The zero-order valence-electron chi connectivity index (χ0n) is 10.0. The van der Waals surface area contributed by atoms with Gasteiger partial charge in [-0.15, -0.1) is 0 Å². The molecule has 1 aromatic carbocycles. The van der Waals surface area contributed by atoms with E-state index in [1.807, 2.05) is 0 Å². The Morgan fingerprint density at radius 1 is 1.05 bits per heavy atom. The van der Waals surface area contributed by atoms with Gasteiger partial charge in [-0.2, -0.15) is 0 Å². The first kappa shape index (κ1) is 11.4. The number of rotatable bonds is 2. The van der Waals surface area contributed by atoms with Crippen LogP contribution in [0.3, 0.4) is 0 Å². The summed E-state index contributed by atoms with van der Waals surface area (Å²) in [5.74, 6) is -0.574. The number of imide groups is 1. The van der Waals surface area contributed by atoms with Crippen molar-refractivity contribution in [3.63, 3.8) is 0 Å². The number of nitrogen functional groups attached to an aromatic ring is 1. The van der Waals surface area contributed by atoms with Crippen molar-refractivity contribution in [2.45, 2.75) is 6.54 Å². The van der Waals surface area contributed by atoms with E-state index in [0.29, 0.717) is 22.5 Å². The predicted molar refractivity (Wildman–Crippen MR) is 69.3 cm³/mol. The van der Waals surface area contributed by atoms with Crippen molar-refractivity contribution >= 4 is 17.5 Å². The highest BCUT2D eigenvalue weighted by atomic mass is 16.2. The molecule has 3 rings (SSSR count). The van der Waals surface area contributed by atoms with Gasteiger partial charge in [-0.05, 0) is 24.3 Å². The summed E-state index contributed by atoms with van der Waals surface area (Å²) in [5.41, 5.74) is 7.69. The third-order valence-corrected chi connectivity index (χ3v) is 3.04. The molecule has 2 N–H and O–H groups in total. The number of carbonyl (C=O) groups excluding carboxylic acids is 2. The van der Waals surface area contributed by atoms with E-state index in [0.717, 1.165) is 0 Å². The second-order valence-corrected chi connectivity index (χ2v) is 4.32. The molecule has 1 aliphatic rings. The van der Waals surface area contributed by atoms with Crippen molar-refractivity contribution in [3.8, 4) is 0 Å². The first-order chi connectivity index (χ1) is 9.16. The first-order valence-corrected chi connectivity index (χ1v) is 5.82. The largest absolute Gasteiger partial charge is 0.399 e. The van der Waals surface area contributed by atoms with Gasteiger partial charge >= 0.3 is 0 Å². The van der Waals surface area contributed by atoms with E-state index >= 15 is 0 Å². The quantitative estimate of drug-likeness (QED) is 0.822. The summed E-state index contributed by atoms with van der Waals surface area (Å²) in [4.78, 5) is 29.6. The molecule has 94 valence electrons. The van der Waals surface area contributed by atoms with E-state index in [9.17, 15) is 9.59 Å². The Kier molecular flexibility index (Phi) is 2.52. The summed E-state index contributed by atoms with van der Waals surface area (Å²) in [7, 11) is 0. The van der Waals surface area contributed by atoms with Crippen LogP contribution in [-0.4, -0.2) is 21.7 Å². The van der Waals surface area contributed by atoms with Crippen molar-refractivity contribution in [2.24, 2.45) is 0 Å². The molecule has 1 aliphatic heterocycles. The highest BCUT2D eigenvalue weighted by Crippen LogP contribution is 2.23. The SMILES string of the molecule is Nc1ccnc(CN2C(=O)c3ccccc3C2=O)c1. The zero-order valence-corrected chi connectivity index (χ0v) is 10.0. The summed E-state index contributed by atoms with van der Waals surface area (Å²) in [6, 6.07) is 10.1. The fraction of sp³-hybridized carbons (Fsp3) is 0.0714. The van der Waals surface area contributed by atoms with Crippen LogP contribution < -0.4 is 5.73 Å². The number of nitrogens with zero attached hydrogens (tertiary/aromatic N) is 2. The lowest BCUT2D eigenvalue weighted by Crippen LogP contribution is -2.29. The number of nitrogens with two attached hydrogens (primary N) is 1. The molecule has 2 aromatic rings. The lowest BCUT2D eigenvalue weighted by molar-refractivity contribution is 0.0640. The second-order valence-electron chi connectivity index (χ2n) is 4.32. The zero-order chi connectivity index (χ0) is 13.4. The molecule has 0 radical (unpaired) electrons. The molecule has 0 spiro atoms. The Bertz CT molecular complexity index is 647. The topological polar surface area (TPSA) is 76.3 Å². The third kappa shape index (κ3) is 1.85. The highest BCUT2D eigenvalue weighted by Gasteiger charge is 2.35. The van der Waals surface area contributed by atoms with Crippen LogP contribution in [0.1, 0.15) is 26.4 Å². The van der Waals surface area contributed by atoms with Crippen LogP contribution in [0.2, 0.25) is 0 Å². The molecule has 0 fully saturated rings. The van der Waals surface area contributed by atoms with Crippen LogP contribution in [0.4, 0.5) is 5.69 Å². The fourth-order valence-electron chi connectivity index (χ4n) is 2.13. The number of benzene rings is 1. The van der Waals surface area contributed by atoms with Crippen LogP contribution in [0.25, 0.3) is 0 Å². The molecule has 1 aromatic heterocycles. The molecule has 19 heavy (non-hydrogen) atoms. The number of aromatic nitrogens is 1. The van der Waals surface area contributed by atoms with Gasteiger partial charge in [0.15, 0.2) is 0 Å². The highest BCUT2D eigenvalue weighted by molar-refractivity contribution is 6.21. The fourth-order valence-corrected chi connectivity index (χ4v) is 2.13. The molecular weight excluding hydrogens is 242 g/mol. The number of hydrogen-bond donors (Lipinski definition) is 1. The minimum absolute atomic E-state index is 0.136. The van der Waals surface area contributed by atoms with Gasteiger partial charge in [0, 0.05) is 11.9 Å². The second kappa shape index (κ2) is 4.20. The maximum Gasteiger partial charge on any atom is 0.261 e. The number of amides is 2. The van der Waals surface area contributed by atoms with Crippen LogP contribution in [-0.2, 0) is 6.54 Å². The maximum absolute atomic E-state index is 12.1. The summed E-state index contributed by atoms with van der Waals surface area (Å²) >= 11 is 0. The van der Waals surface area contributed by atoms with Crippen molar-refractivity contribution < 1.29 is 9.59 Å². The lowest BCUT2D eigenvalue weighted by Gasteiger charge is -2.13. The molecule has 0 bridgehead atoms. The van der Waals surface area contributed by atoms with Gasteiger partial charge in [-0.25, -0.2) is 0 Å². The van der Waals surface area contributed by atoms with Crippen molar-refractivity contribution in [1.82, 2.24) is 9.88 Å². The first-order valence-electron chi connectivity index (χ1n) is 5.82. The average Bonchev–Trinajstić information content (AvgIpc) is 2.65. The Balaban J connectivity index is 1.92. The molecule has 0 saturated carbocycles. The van der Waals surface area contributed by atoms with Crippen molar-refractivity contribution in [1.29, 1.82) is 0 Å². The van der Waals surface area contributed by atoms with E-state index in [1.54, 1.807) is 42.6 Å². The summed E-state index contributed by atoms with van der Waals surface area (Å²) in [5, 5.41) is 0. The Morgan fingerprint density at radius 2 is 1.68 bits per heavy atom. The number of carbonyl (C=O) groups is 2. The summed E-state index contributed by atoms with van der Waals surface area (Å²) < 4.78 is 0. The molecule has 2 amide bonds. The van der Waals surface area contributed by atoms with E-state index in [4.69, 9.17) is 5.73 Å². The van der Waals surface area contributed by atoms with E-state index < -0.39 is 0 Å².